The van der Waals surface area contributed by atoms with Crippen molar-refractivity contribution in [3.8, 4) is 11.5 Å². The van der Waals surface area contributed by atoms with Gasteiger partial charge in [-0.25, -0.2) is 0 Å². The molecule has 2 amide bonds. The van der Waals surface area contributed by atoms with Gasteiger partial charge in [-0.15, -0.1) is 0 Å². The van der Waals surface area contributed by atoms with Gasteiger partial charge in [0, 0.05) is 37.8 Å². The molecule has 4 aliphatic carbocycles. The number of carbonyl (C=O) groups is 2. The fourth-order valence-electron chi connectivity index (χ4n) is 6.72. The highest BCUT2D eigenvalue weighted by atomic mass is 16.3. The van der Waals surface area contributed by atoms with Crippen molar-refractivity contribution in [2.24, 2.45) is 23.2 Å². The van der Waals surface area contributed by atoms with Crippen LogP contribution in [0.2, 0.25) is 0 Å². The average molecular weight is 384 g/mol. The van der Waals surface area contributed by atoms with Gasteiger partial charge in [0.2, 0.25) is 5.91 Å². The van der Waals surface area contributed by atoms with Crippen LogP contribution in [0.5, 0.6) is 11.5 Å². The lowest BCUT2D eigenvalue weighted by atomic mass is 9.49. The minimum absolute atomic E-state index is 0.126. The van der Waals surface area contributed by atoms with Gasteiger partial charge in [0.05, 0.1) is 5.41 Å². The van der Waals surface area contributed by atoms with E-state index in [1.165, 1.54) is 37.5 Å². The highest BCUT2D eigenvalue weighted by Crippen LogP contribution is 2.60. The third-order valence-electron chi connectivity index (χ3n) is 7.50. The fraction of sp³-hybridized carbons (Fsp3) is 0.636. The Labute approximate surface area is 165 Å². The molecule has 0 spiro atoms. The van der Waals surface area contributed by atoms with E-state index in [9.17, 15) is 19.8 Å². The molecule has 28 heavy (non-hydrogen) atoms. The topological polar surface area (TPSA) is 81.1 Å². The van der Waals surface area contributed by atoms with Crippen molar-refractivity contribution in [3.63, 3.8) is 0 Å². The Morgan fingerprint density at radius 2 is 1.25 bits per heavy atom. The van der Waals surface area contributed by atoms with E-state index in [1.807, 2.05) is 4.90 Å². The smallest absolute Gasteiger partial charge is 0.254 e. The van der Waals surface area contributed by atoms with E-state index in [1.54, 1.807) is 4.90 Å². The Kier molecular flexibility index (Phi) is 4.07. The maximum Gasteiger partial charge on any atom is 0.254 e. The molecule has 0 unspecified atom stereocenters. The molecule has 1 aromatic carbocycles. The molecule has 0 radical (unpaired) electrons. The van der Waals surface area contributed by atoms with E-state index < -0.39 is 0 Å². The molecule has 6 nitrogen and oxygen atoms in total. The average Bonchev–Trinajstić information content (AvgIpc) is 2.65. The van der Waals surface area contributed by atoms with E-state index in [0.717, 1.165) is 37.0 Å². The normalized spacial score (nSPS) is 33.9. The van der Waals surface area contributed by atoms with Crippen LogP contribution < -0.4 is 0 Å². The maximum atomic E-state index is 13.4. The van der Waals surface area contributed by atoms with E-state index in [4.69, 9.17) is 0 Å². The molecule has 1 saturated heterocycles. The lowest BCUT2D eigenvalue weighted by Crippen LogP contribution is -2.58. The summed E-state index contributed by atoms with van der Waals surface area (Å²) >= 11 is 0. The van der Waals surface area contributed by atoms with Gasteiger partial charge >= 0.3 is 0 Å². The number of piperazine rings is 1. The van der Waals surface area contributed by atoms with Gasteiger partial charge in [0.15, 0.2) is 0 Å². The molecule has 6 rings (SSSR count). The summed E-state index contributed by atoms with van der Waals surface area (Å²) in [5.74, 6) is 2.10. The first kappa shape index (κ1) is 17.8. The number of hydrogen-bond donors (Lipinski definition) is 2. The predicted octanol–water partition coefficient (Wildman–Crippen LogP) is 2.60. The van der Waals surface area contributed by atoms with E-state index >= 15 is 0 Å². The molecule has 1 aromatic rings. The standard InChI is InChI=1S/C22H28N2O4/c25-18-8-17(9-19(26)10-18)20(27)23-1-3-24(4-2-23)21(28)22-11-14-5-15(12-22)7-16(6-14)13-22/h8-10,14-16,25-26H,1-7,11-13H2. The van der Waals surface area contributed by atoms with Gasteiger partial charge in [-0.05, 0) is 68.4 Å². The van der Waals surface area contributed by atoms with Crippen LogP contribution >= 0.6 is 0 Å². The molecular formula is C22H28N2O4. The number of phenolic OH excluding ortho intramolecular Hbond substituents is 2. The van der Waals surface area contributed by atoms with Gasteiger partial charge in [0.25, 0.3) is 5.91 Å². The number of rotatable bonds is 2. The lowest BCUT2D eigenvalue weighted by Gasteiger charge is -2.57. The Morgan fingerprint density at radius 3 is 1.75 bits per heavy atom. The molecule has 0 aromatic heterocycles. The Hall–Kier alpha value is -2.24. The van der Waals surface area contributed by atoms with Crippen molar-refractivity contribution in [3.05, 3.63) is 23.8 Å². The van der Waals surface area contributed by atoms with E-state index in [0.29, 0.717) is 32.1 Å². The quantitative estimate of drug-likeness (QED) is 0.821. The van der Waals surface area contributed by atoms with Crippen LogP contribution in [0.25, 0.3) is 0 Å². The molecule has 1 aliphatic heterocycles. The summed E-state index contributed by atoms with van der Waals surface area (Å²) in [7, 11) is 0. The minimum atomic E-state index is -0.215. The number of hydrogen-bond acceptors (Lipinski definition) is 4. The SMILES string of the molecule is O=C(c1cc(O)cc(O)c1)N1CCN(C(=O)C23CC4CC(CC(C4)C2)C3)CC1. The Balaban J connectivity index is 1.25. The summed E-state index contributed by atoms with van der Waals surface area (Å²) in [5, 5.41) is 19.2. The molecule has 6 heteroatoms. The summed E-state index contributed by atoms with van der Waals surface area (Å²) < 4.78 is 0. The van der Waals surface area contributed by atoms with Crippen molar-refractivity contribution in [1.82, 2.24) is 9.80 Å². The number of phenols is 2. The number of aromatic hydroxyl groups is 2. The number of carbonyl (C=O) groups excluding carboxylic acids is 2. The first-order valence-corrected chi connectivity index (χ1v) is 10.5. The molecule has 150 valence electrons. The van der Waals surface area contributed by atoms with Crippen molar-refractivity contribution in [2.75, 3.05) is 26.2 Å². The first-order valence-electron chi connectivity index (χ1n) is 10.5. The van der Waals surface area contributed by atoms with Gasteiger partial charge in [-0.2, -0.15) is 0 Å². The molecule has 5 fully saturated rings. The minimum Gasteiger partial charge on any atom is -0.508 e. The highest BCUT2D eigenvalue weighted by molar-refractivity contribution is 5.95. The van der Waals surface area contributed by atoms with E-state index in [2.05, 4.69) is 0 Å². The summed E-state index contributed by atoms with van der Waals surface area (Å²) in [6.07, 6.45) is 7.18. The summed E-state index contributed by atoms with van der Waals surface area (Å²) in [6.45, 7) is 2.12. The summed E-state index contributed by atoms with van der Waals surface area (Å²) in [6, 6.07) is 3.95. The zero-order chi connectivity index (χ0) is 19.5. The van der Waals surface area contributed by atoms with Crippen LogP contribution in [0.3, 0.4) is 0 Å². The zero-order valence-corrected chi connectivity index (χ0v) is 16.1. The summed E-state index contributed by atoms with van der Waals surface area (Å²) in [5.41, 5.74) is 0.149. The van der Waals surface area contributed by atoms with E-state index in [-0.39, 0.29) is 28.4 Å². The van der Waals surface area contributed by atoms with Gasteiger partial charge in [-0.3, -0.25) is 9.59 Å². The number of amides is 2. The fourth-order valence-corrected chi connectivity index (χ4v) is 6.72. The predicted molar refractivity (Wildman–Crippen MR) is 103 cm³/mol. The van der Waals surface area contributed by atoms with Gasteiger partial charge in [-0.1, -0.05) is 0 Å². The maximum absolute atomic E-state index is 13.4. The second kappa shape index (κ2) is 6.39. The molecule has 4 saturated carbocycles. The zero-order valence-electron chi connectivity index (χ0n) is 16.1. The van der Waals surface area contributed by atoms with Crippen LogP contribution in [0.15, 0.2) is 18.2 Å². The molecule has 2 N–H and O–H groups in total. The van der Waals surface area contributed by atoms with Crippen molar-refractivity contribution in [1.29, 1.82) is 0 Å². The molecule has 1 heterocycles. The third kappa shape index (κ3) is 2.93. The number of nitrogens with zero attached hydrogens (tertiary/aromatic N) is 2. The Bertz CT molecular complexity index is 757. The monoisotopic (exact) mass is 384 g/mol. The Morgan fingerprint density at radius 1 is 0.786 bits per heavy atom. The summed E-state index contributed by atoms with van der Waals surface area (Å²) in [4.78, 5) is 29.8. The van der Waals surface area contributed by atoms with Gasteiger partial charge < -0.3 is 20.0 Å². The van der Waals surface area contributed by atoms with Crippen LogP contribution in [-0.4, -0.2) is 58.0 Å². The van der Waals surface area contributed by atoms with Crippen LogP contribution in [0.4, 0.5) is 0 Å². The largest absolute Gasteiger partial charge is 0.508 e. The first-order chi connectivity index (χ1) is 13.4. The van der Waals surface area contributed by atoms with Crippen LogP contribution in [0, 0.1) is 23.2 Å². The van der Waals surface area contributed by atoms with Gasteiger partial charge in [0.1, 0.15) is 11.5 Å². The highest BCUT2D eigenvalue weighted by Gasteiger charge is 2.55. The molecule has 5 aliphatic rings. The van der Waals surface area contributed by atoms with Crippen molar-refractivity contribution in [2.45, 2.75) is 38.5 Å². The van der Waals surface area contributed by atoms with Crippen LogP contribution in [-0.2, 0) is 4.79 Å². The third-order valence-corrected chi connectivity index (χ3v) is 7.50. The lowest BCUT2D eigenvalue weighted by molar-refractivity contribution is -0.159. The molecule has 4 bridgehead atoms. The molecule has 0 atom stereocenters. The second-order valence-electron chi connectivity index (χ2n) is 9.52. The second-order valence-corrected chi connectivity index (χ2v) is 9.52. The van der Waals surface area contributed by atoms with Crippen molar-refractivity contribution >= 4 is 11.8 Å². The van der Waals surface area contributed by atoms with Crippen LogP contribution in [0.1, 0.15) is 48.9 Å². The van der Waals surface area contributed by atoms with Crippen molar-refractivity contribution < 1.29 is 19.8 Å². The number of benzene rings is 1. The molecular weight excluding hydrogens is 356 g/mol.